The lowest BCUT2D eigenvalue weighted by atomic mass is 10.0. The summed E-state index contributed by atoms with van der Waals surface area (Å²) in [5.74, 6) is -2.90. The van der Waals surface area contributed by atoms with Crippen molar-refractivity contribution in [2.45, 2.75) is 25.2 Å². The molecule has 0 saturated carbocycles. The number of furan rings is 1. The van der Waals surface area contributed by atoms with Crippen molar-refractivity contribution in [1.82, 2.24) is 10.2 Å². The molecule has 2 heterocycles. The molecule has 1 fully saturated rings. The van der Waals surface area contributed by atoms with E-state index in [1.807, 2.05) is 0 Å². The number of carbonyl (C=O) groups excluding carboxylic acids is 2. The molecule has 1 unspecified atom stereocenters. The molecular formula is C11H9F3N2O5. The van der Waals surface area contributed by atoms with Gasteiger partial charge in [0.1, 0.15) is 12.0 Å². The summed E-state index contributed by atoms with van der Waals surface area (Å²) in [7, 11) is 0. The van der Waals surface area contributed by atoms with Crippen molar-refractivity contribution in [3.05, 3.63) is 23.7 Å². The van der Waals surface area contributed by atoms with Crippen LogP contribution in [0.2, 0.25) is 0 Å². The number of imide groups is 1. The second-order valence-electron chi connectivity index (χ2n) is 4.55. The van der Waals surface area contributed by atoms with E-state index >= 15 is 0 Å². The predicted octanol–water partition coefficient (Wildman–Crippen LogP) is 1.35. The molecule has 0 radical (unpaired) electrons. The Morgan fingerprint density at radius 1 is 1.48 bits per heavy atom. The molecule has 10 heteroatoms. The van der Waals surface area contributed by atoms with Crippen LogP contribution in [-0.4, -0.2) is 39.6 Å². The van der Waals surface area contributed by atoms with Gasteiger partial charge in [0, 0.05) is 0 Å². The highest BCUT2D eigenvalue weighted by atomic mass is 19.4. The van der Waals surface area contributed by atoms with Gasteiger partial charge < -0.3 is 14.8 Å². The molecule has 0 aliphatic carbocycles. The lowest BCUT2D eigenvalue weighted by molar-refractivity contribution is -0.191. The molecule has 0 bridgehead atoms. The monoisotopic (exact) mass is 306 g/mol. The number of nitrogens with zero attached hydrogens (tertiary/aromatic N) is 1. The van der Waals surface area contributed by atoms with Gasteiger partial charge in [0.2, 0.25) is 5.54 Å². The van der Waals surface area contributed by atoms with Gasteiger partial charge in [-0.2, -0.15) is 13.2 Å². The number of carbonyl (C=O) groups is 3. The van der Waals surface area contributed by atoms with Gasteiger partial charge in [0.25, 0.3) is 5.91 Å². The van der Waals surface area contributed by atoms with Crippen molar-refractivity contribution in [2.75, 3.05) is 0 Å². The van der Waals surface area contributed by atoms with Gasteiger partial charge in [-0.25, -0.2) is 9.59 Å². The third-order valence-corrected chi connectivity index (χ3v) is 3.06. The molecule has 21 heavy (non-hydrogen) atoms. The smallest absolute Gasteiger partial charge is 0.420 e. The lowest BCUT2D eigenvalue weighted by Crippen LogP contribution is -2.56. The van der Waals surface area contributed by atoms with Crippen LogP contribution in [-0.2, 0) is 11.3 Å². The number of alkyl halides is 3. The zero-order valence-electron chi connectivity index (χ0n) is 10.5. The minimum atomic E-state index is -4.95. The average molecular weight is 306 g/mol. The highest BCUT2D eigenvalue weighted by Gasteiger charge is 2.64. The number of hydrogen-bond acceptors (Lipinski definition) is 4. The molecular weight excluding hydrogens is 297 g/mol. The Bertz CT molecular complexity index is 624. The number of carboxylic acid groups (broad SMARTS) is 1. The Kier molecular flexibility index (Phi) is 3.19. The highest BCUT2D eigenvalue weighted by Crippen LogP contribution is 2.35. The van der Waals surface area contributed by atoms with E-state index in [0.29, 0.717) is 11.8 Å². The summed E-state index contributed by atoms with van der Waals surface area (Å²) in [6.45, 7) is -0.0400. The number of hydrogen-bond donors (Lipinski definition) is 2. The first-order valence-electron chi connectivity index (χ1n) is 5.58. The summed E-state index contributed by atoms with van der Waals surface area (Å²) in [5.41, 5.74) is -3.25. The Hall–Kier alpha value is -2.52. The quantitative estimate of drug-likeness (QED) is 0.821. The molecule has 2 N–H and O–H groups in total. The zero-order chi connectivity index (χ0) is 16.0. The van der Waals surface area contributed by atoms with E-state index in [0.717, 1.165) is 12.3 Å². The molecule has 0 spiro atoms. The van der Waals surface area contributed by atoms with Crippen molar-refractivity contribution in [3.63, 3.8) is 0 Å². The lowest BCUT2D eigenvalue weighted by Gasteiger charge is -2.24. The van der Waals surface area contributed by atoms with Crippen molar-refractivity contribution in [3.8, 4) is 0 Å². The van der Waals surface area contributed by atoms with Crippen LogP contribution in [0.3, 0.4) is 0 Å². The summed E-state index contributed by atoms with van der Waals surface area (Å²) in [6, 6.07) is -0.209. The van der Waals surface area contributed by atoms with Crippen LogP contribution in [0.1, 0.15) is 23.0 Å². The molecule has 1 atom stereocenters. The summed E-state index contributed by atoms with van der Waals surface area (Å²) in [6.07, 6.45) is -4.09. The Morgan fingerprint density at radius 3 is 2.52 bits per heavy atom. The Morgan fingerprint density at radius 2 is 2.10 bits per heavy atom. The molecule has 1 aliphatic heterocycles. The van der Waals surface area contributed by atoms with E-state index in [2.05, 4.69) is 0 Å². The maximum absolute atomic E-state index is 12.8. The number of carboxylic acids is 1. The van der Waals surface area contributed by atoms with Crippen molar-refractivity contribution >= 4 is 17.9 Å². The molecule has 1 aromatic heterocycles. The van der Waals surface area contributed by atoms with Crippen LogP contribution in [0.15, 0.2) is 16.7 Å². The maximum Gasteiger partial charge on any atom is 0.420 e. The van der Waals surface area contributed by atoms with Crippen molar-refractivity contribution < 1.29 is 37.1 Å². The van der Waals surface area contributed by atoms with E-state index in [4.69, 9.17) is 9.52 Å². The van der Waals surface area contributed by atoms with Crippen molar-refractivity contribution in [2.24, 2.45) is 0 Å². The molecule has 114 valence electrons. The fourth-order valence-corrected chi connectivity index (χ4v) is 1.76. The van der Waals surface area contributed by atoms with Crippen LogP contribution in [0.5, 0.6) is 0 Å². The number of rotatable bonds is 3. The largest absolute Gasteiger partial charge is 0.478 e. The van der Waals surface area contributed by atoms with Gasteiger partial charge in [-0.15, -0.1) is 0 Å². The topological polar surface area (TPSA) is 99.8 Å². The van der Waals surface area contributed by atoms with E-state index in [1.54, 1.807) is 5.32 Å². The van der Waals surface area contributed by atoms with Crippen LogP contribution in [0, 0.1) is 0 Å². The standard InChI is InChI=1S/C11H9F3N2O5/c1-10(11(12,13)14)8(19)16(9(20)15-10)3-6-2-5(4-21-6)7(17)18/h2,4H,3H2,1H3,(H,15,20)(H,17,18). The molecule has 1 aromatic rings. The summed E-state index contributed by atoms with van der Waals surface area (Å²) >= 11 is 0. The normalized spacial score (nSPS) is 22.6. The number of nitrogens with one attached hydrogen (secondary N) is 1. The first-order valence-corrected chi connectivity index (χ1v) is 5.58. The molecule has 2 rings (SSSR count). The summed E-state index contributed by atoms with van der Waals surface area (Å²) < 4.78 is 43.3. The van der Waals surface area contributed by atoms with Gasteiger partial charge in [-0.1, -0.05) is 0 Å². The molecule has 3 amide bonds. The van der Waals surface area contributed by atoms with Crippen LogP contribution in [0.25, 0.3) is 0 Å². The SMILES string of the molecule is CC1(C(F)(F)F)NC(=O)N(Cc2cc(C(=O)O)co2)C1=O. The number of urea groups is 1. The van der Waals surface area contributed by atoms with E-state index in [9.17, 15) is 27.6 Å². The predicted molar refractivity (Wildman–Crippen MR) is 59.2 cm³/mol. The zero-order valence-corrected chi connectivity index (χ0v) is 10.5. The number of aromatic carboxylic acids is 1. The minimum Gasteiger partial charge on any atom is -0.478 e. The van der Waals surface area contributed by atoms with E-state index < -0.39 is 36.2 Å². The number of halogens is 3. The fourth-order valence-electron chi connectivity index (χ4n) is 1.76. The van der Waals surface area contributed by atoms with E-state index in [-0.39, 0.29) is 11.3 Å². The first-order chi connectivity index (χ1) is 9.56. The molecule has 1 saturated heterocycles. The van der Waals surface area contributed by atoms with Gasteiger partial charge in [0.15, 0.2) is 0 Å². The average Bonchev–Trinajstić information content (AvgIpc) is 2.89. The molecule has 1 aliphatic rings. The maximum atomic E-state index is 12.8. The van der Waals surface area contributed by atoms with E-state index in [1.165, 1.54) is 0 Å². The first kappa shape index (κ1) is 14.9. The van der Waals surface area contributed by atoms with Crippen LogP contribution >= 0.6 is 0 Å². The summed E-state index contributed by atoms with van der Waals surface area (Å²) in [4.78, 5) is 34.3. The third kappa shape index (κ3) is 2.32. The van der Waals surface area contributed by atoms with Gasteiger partial charge in [-0.3, -0.25) is 9.69 Å². The van der Waals surface area contributed by atoms with Gasteiger partial charge in [-0.05, 0) is 13.0 Å². The van der Waals surface area contributed by atoms with Crippen LogP contribution < -0.4 is 5.32 Å². The second-order valence-corrected chi connectivity index (χ2v) is 4.55. The summed E-state index contributed by atoms with van der Waals surface area (Å²) in [5, 5.41) is 10.3. The number of amides is 3. The fraction of sp³-hybridized carbons (Fsp3) is 0.364. The highest BCUT2D eigenvalue weighted by molar-refractivity contribution is 6.07. The Labute approximate surface area is 115 Å². The van der Waals surface area contributed by atoms with Gasteiger partial charge >= 0.3 is 18.2 Å². The Balaban J connectivity index is 2.23. The van der Waals surface area contributed by atoms with Crippen molar-refractivity contribution in [1.29, 1.82) is 0 Å². The van der Waals surface area contributed by atoms with Gasteiger partial charge in [0.05, 0.1) is 12.1 Å². The molecule has 0 aromatic carbocycles. The van der Waals surface area contributed by atoms with Crippen LogP contribution in [0.4, 0.5) is 18.0 Å². The second kappa shape index (κ2) is 4.50. The minimum absolute atomic E-state index is 0.123. The third-order valence-electron chi connectivity index (χ3n) is 3.06. The molecule has 7 nitrogen and oxygen atoms in total.